The van der Waals surface area contributed by atoms with Gasteiger partial charge in [-0.15, -0.1) is 0 Å². The molecular formula is C19H23ClN2O2. The molecule has 1 aliphatic rings. The summed E-state index contributed by atoms with van der Waals surface area (Å²) < 4.78 is 5.68. The third kappa shape index (κ3) is 3.99. The SMILES string of the molecule is CC(C)Oc1cc2ncc(C(=O)NC3CCCCC3)cc2cc1Cl. The highest BCUT2D eigenvalue weighted by Gasteiger charge is 2.17. The molecule has 0 radical (unpaired) electrons. The molecular weight excluding hydrogens is 324 g/mol. The van der Waals surface area contributed by atoms with E-state index >= 15 is 0 Å². The number of rotatable bonds is 4. The number of ether oxygens (including phenoxy) is 1. The average molecular weight is 347 g/mol. The fraction of sp³-hybridized carbons (Fsp3) is 0.474. The first-order valence-corrected chi connectivity index (χ1v) is 8.97. The van der Waals surface area contributed by atoms with Crippen molar-refractivity contribution >= 4 is 28.4 Å². The first kappa shape index (κ1) is 17.0. The predicted molar refractivity (Wildman–Crippen MR) is 96.9 cm³/mol. The Labute approximate surface area is 147 Å². The zero-order valence-electron chi connectivity index (χ0n) is 14.1. The number of nitrogens with zero attached hydrogens (tertiary/aromatic N) is 1. The van der Waals surface area contributed by atoms with Gasteiger partial charge in [0.1, 0.15) is 5.75 Å². The number of halogens is 1. The Hall–Kier alpha value is -1.81. The van der Waals surface area contributed by atoms with E-state index < -0.39 is 0 Å². The van der Waals surface area contributed by atoms with E-state index in [4.69, 9.17) is 16.3 Å². The highest BCUT2D eigenvalue weighted by molar-refractivity contribution is 6.32. The molecule has 1 aromatic heterocycles. The molecule has 0 unspecified atom stereocenters. The maximum atomic E-state index is 12.4. The van der Waals surface area contributed by atoms with Crippen molar-refractivity contribution in [2.45, 2.75) is 58.1 Å². The average Bonchev–Trinajstić information content (AvgIpc) is 2.55. The number of nitrogens with one attached hydrogen (secondary N) is 1. The third-order valence-corrected chi connectivity index (χ3v) is 4.60. The number of fused-ring (bicyclic) bond motifs is 1. The molecule has 1 amide bonds. The summed E-state index contributed by atoms with van der Waals surface area (Å²) in [5.41, 5.74) is 1.34. The molecule has 0 spiro atoms. The molecule has 1 saturated carbocycles. The number of hydrogen-bond donors (Lipinski definition) is 1. The van der Waals surface area contributed by atoms with Gasteiger partial charge in [-0.05, 0) is 38.8 Å². The van der Waals surface area contributed by atoms with Gasteiger partial charge in [0.2, 0.25) is 0 Å². The summed E-state index contributed by atoms with van der Waals surface area (Å²) in [7, 11) is 0. The molecule has 1 aliphatic carbocycles. The lowest BCUT2D eigenvalue weighted by molar-refractivity contribution is 0.0927. The number of amides is 1. The van der Waals surface area contributed by atoms with Crippen molar-refractivity contribution in [1.29, 1.82) is 0 Å². The van der Waals surface area contributed by atoms with Crippen LogP contribution in [0.5, 0.6) is 5.75 Å². The molecule has 2 aromatic rings. The van der Waals surface area contributed by atoms with E-state index in [9.17, 15) is 4.79 Å². The molecule has 128 valence electrons. The molecule has 5 heteroatoms. The minimum atomic E-state index is -0.0603. The van der Waals surface area contributed by atoms with Crippen LogP contribution in [0, 0.1) is 0 Å². The molecule has 4 nitrogen and oxygen atoms in total. The first-order chi connectivity index (χ1) is 11.5. The number of carbonyl (C=O) groups excluding carboxylic acids is 1. The minimum Gasteiger partial charge on any atom is -0.489 e. The van der Waals surface area contributed by atoms with Crippen LogP contribution in [0.4, 0.5) is 0 Å². The fourth-order valence-electron chi connectivity index (χ4n) is 3.11. The second-order valence-corrected chi connectivity index (χ2v) is 7.08. The van der Waals surface area contributed by atoms with Gasteiger partial charge in [-0.25, -0.2) is 0 Å². The van der Waals surface area contributed by atoms with Crippen molar-refractivity contribution in [2.75, 3.05) is 0 Å². The van der Waals surface area contributed by atoms with Gasteiger partial charge in [-0.1, -0.05) is 30.9 Å². The molecule has 0 saturated heterocycles. The monoisotopic (exact) mass is 346 g/mol. The summed E-state index contributed by atoms with van der Waals surface area (Å²) in [5.74, 6) is 0.556. The van der Waals surface area contributed by atoms with Crippen molar-refractivity contribution in [3.63, 3.8) is 0 Å². The smallest absolute Gasteiger partial charge is 0.253 e. The van der Waals surface area contributed by atoms with Crippen LogP contribution < -0.4 is 10.1 Å². The van der Waals surface area contributed by atoms with Crippen LogP contribution in [0.3, 0.4) is 0 Å². The molecule has 0 aliphatic heterocycles. The summed E-state index contributed by atoms with van der Waals surface area (Å²) in [6.07, 6.45) is 7.43. The zero-order valence-corrected chi connectivity index (χ0v) is 14.9. The summed E-state index contributed by atoms with van der Waals surface area (Å²) in [4.78, 5) is 16.9. The van der Waals surface area contributed by atoms with Crippen LogP contribution in [0.25, 0.3) is 10.9 Å². The Bertz CT molecular complexity index is 739. The van der Waals surface area contributed by atoms with Gasteiger partial charge >= 0.3 is 0 Å². The van der Waals surface area contributed by atoms with E-state index in [2.05, 4.69) is 10.3 Å². The maximum Gasteiger partial charge on any atom is 0.253 e. The molecule has 1 aromatic carbocycles. The molecule has 0 atom stereocenters. The van der Waals surface area contributed by atoms with Crippen molar-refractivity contribution in [3.05, 3.63) is 35.0 Å². The van der Waals surface area contributed by atoms with E-state index in [1.165, 1.54) is 19.3 Å². The van der Waals surface area contributed by atoms with Gasteiger partial charge in [0.15, 0.2) is 0 Å². The standard InChI is InChI=1S/C19H23ClN2O2/c1-12(2)24-18-10-17-13(9-16(18)20)8-14(11-21-17)19(23)22-15-6-4-3-5-7-15/h8-12,15H,3-7H2,1-2H3,(H,22,23). The predicted octanol–water partition coefficient (Wildman–Crippen LogP) is 4.74. The number of aromatic nitrogens is 1. The highest BCUT2D eigenvalue weighted by atomic mass is 35.5. The van der Waals surface area contributed by atoms with Gasteiger partial charge < -0.3 is 10.1 Å². The van der Waals surface area contributed by atoms with Crippen LogP contribution in [-0.4, -0.2) is 23.0 Å². The van der Waals surface area contributed by atoms with Crippen molar-refractivity contribution in [3.8, 4) is 5.75 Å². The van der Waals surface area contributed by atoms with Crippen LogP contribution in [0.1, 0.15) is 56.3 Å². The van der Waals surface area contributed by atoms with Crippen molar-refractivity contribution < 1.29 is 9.53 Å². The lowest BCUT2D eigenvalue weighted by atomic mass is 9.95. The van der Waals surface area contributed by atoms with Crippen LogP contribution in [-0.2, 0) is 0 Å². The van der Waals surface area contributed by atoms with E-state index in [-0.39, 0.29) is 18.1 Å². The molecule has 3 rings (SSSR count). The Balaban J connectivity index is 1.81. The summed E-state index contributed by atoms with van der Waals surface area (Å²) >= 11 is 6.28. The first-order valence-electron chi connectivity index (χ1n) is 8.60. The number of benzene rings is 1. The van der Waals surface area contributed by atoms with Gasteiger partial charge in [0.05, 0.1) is 22.2 Å². The lowest BCUT2D eigenvalue weighted by Crippen LogP contribution is -2.36. The maximum absolute atomic E-state index is 12.4. The Morgan fingerprint density at radius 1 is 1.25 bits per heavy atom. The Morgan fingerprint density at radius 3 is 2.71 bits per heavy atom. The second-order valence-electron chi connectivity index (χ2n) is 6.67. The topological polar surface area (TPSA) is 51.2 Å². The van der Waals surface area contributed by atoms with Gasteiger partial charge in [0.25, 0.3) is 5.91 Å². The summed E-state index contributed by atoms with van der Waals surface area (Å²) in [6, 6.07) is 5.75. The quantitative estimate of drug-likeness (QED) is 0.870. The van der Waals surface area contributed by atoms with Crippen LogP contribution in [0.15, 0.2) is 24.4 Å². The van der Waals surface area contributed by atoms with E-state index in [0.717, 1.165) is 23.7 Å². The normalized spacial score (nSPS) is 15.7. The van der Waals surface area contributed by atoms with Gasteiger partial charge in [-0.3, -0.25) is 9.78 Å². The number of carbonyl (C=O) groups is 1. The molecule has 0 bridgehead atoms. The van der Waals surface area contributed by atoms with Crippen LogP contribution >= 0.6 is 11.6 Å². The fourth-order valence-corrected chi connectivity index (χ4v) is 3.33. The number of pyridine rings is 1. The Kier molecular flexibility index (Phi) is 5.24. The lowest BCUT2D eigenvalue weighted by Gasteiger charge is -2.22. The summed E-state index contributed by atoms with van der Waals surface area (Å²) in [6.45, 7) is 3.90. The van der Waals surface area contributed by atoms with Gasteiger partial charge in [0, 0.05) is 23.7 Å². The largest absolute Gasteiger partial charge is 0.489 e. The molecule has 24 heavy (non-hydrogen) atoms. The van der Waals surface area contributed by atoms with Gasteiger partial charge in [-0.2, -0.15) is 0 Å². The van der Waals surface area contributed by atoms with E-state index in [1.54, 1.807) is 12.3 Å². The zero-order chi connectivity index (χ0) is 17.1. The molecule has 1 heterocycles. The highest BCUT2D eigenvalue weighted by Crippen LogP contribution is 2.30. The van der Waals surface area contributed by atoms with Crippen molar-refractivity contribution in [2.24, 2.45) is 0 Å². The number of hydrogen-bond acceptors (Lipinski definition) is 3. The van der Waals surface area contributed by atoms with Crippen molar-refractivity contribution in [1.82, 2.24) is 10.3 Å². The van der Waals surface area contributed by atoms with E-state index in [1.807, 2.05) is 26.0 Å². The molecule has 1 fully saturated rings. The molecule has 1 N–H and O–H groups in total. The minimum absolute atomic E-state index is 0.0421. The van der Waals surface area contributed by atoms with E-state index in [0.29, 0.717) is 16.3 Å². The van der Waals surface area contributed by atoms with Crippen LogP contribution in [0.2, 0.25) is 5.02 Å². The summed E-state index contributed by atoms with van der Waals surface area (Å²) in [5, 5.41) is 4.49. The Morgan fingerprint density at radius 2 is 2.00 bits per heavy atom. The second kappa shape index (κ2) is 7.39. The third-order valence-electron chi connectivity index (χ3n) is 4.30.